The van der Waals surface area contributed by atoms with Gasteiger partial charge in [-0.1, -0.05) is 0 Å². The molecule has 0 radical (unpaired) electrons. The van der Waals surface area contributed by atoms with Gasteiger partial charge in [-0.05, 0) is 4.57 Å². The van der Waals surface area contributed by atoms with E-state index >= 15 is 0 Å². The van der Waals surface area contributed by atoms with Gasteiger partial charge in [0.2, 0.25) is 0 Å². The third kappa shape index (κ3) is 5.11. The maximum Gasteiger partial charge on any atom is 2.00 e. The van der Waals surface area contributed by atoms with Gasteiger partial charge in [-0.2, -0.15) is 23.1 Å². The third-order valence-corrected chi connectivity index (χ3v) is 2.16. The molecule has 0 fully saturated rings. The van der Waals surface area contributed by atoms with Crippen LogP contribution in [0.4, 0.5) is 0 Å². The molecule has 4 heteroatoms. The van der Waals surface area contributed by atoms with Gasteiger partial charge in [-0.3, -0.25) is 0 Å². The maximum absolute atomic E-state index is 10.2. The Kier molecular flexibility index (Phi) is 7.27. The monoisotopic (exact) mass is 249 g/mol. The van der Waals surface area contributed by atoms with E-state index in [1.165, 1.54) is 0 Å². The van der Waals surface area contributed by atoms with Crippen molar-refractivity contribution in [1.82, 2.24) is 0 Å². The summed E-state index contributed by atoms with van der Waals surface area (Å²) in [6, 6.07) is 16.7. The largest absolute Gasteiger partial charge is 2.00 e. The predicted molar refractivity (Wildman–Crippen MR) is 53.5 cm³/mol. The summed E-state index contributed by atoms with van der Waals surface area (Å²) in [6.07, 6.45) is 0. The van der Waals surface area contributed by atoms with Gasteiger partial charge in [0, 0.05) is 0 Å². The van der Waals surface area contributed by atoms with Gasteiger partial charge in [-0.15, -0.1) is 12.1 Å². The molecule has 0 aliphatic heterocycles. The molecule has 0 aromatic heterocycles. The normalized spacial score (nSPS) is 9.36. The molecular formula is C10H10FeO2P+. The zero-order chi connectivity index (χ0) is 9.52. The summed E-state index contributed by atoms with van der Waals surface area (Å²) in [5.74, 6) is 0. The molecule has 0 saturated heterocycles. The Morgan fingerprint density at radius 3 is 1.79 bits per heavy atom. The minimum Gasteiger partial charge on any atom is -0.214 e. The van der Waals surface area contributed by atoms with Crippen LogP contribution in [0, 0.1) is 0 Å². The zero-order valence-corrected chi connectivity index (χ0v) is 9.35. The van der Waals surface area contributed by atoms with Crippen molar-refractivity contribution in [3.8, 4) is 0 Å². The second kappa shape index (κ2) is 7.66. The molecule has 0 aliphatic carbocycles. The van der Waals surface area contributed by atoms with Crippen molar-refractivity contribution in [3.05, 3.63) is 54.6 Å². The van der Waals surface area contributed by atoms with Gasteiger partial charge in [0.25, 0.3) is 0 Å². The first-order valence-electron chi connectivity index (χ1n) is 3.85. The third-order valence-electron chi connectivity index (χ3n) is 1.42. The number of hydrogen-bond acceptors (Lipinski definition) is 1. The molecule has 74 valence electrons. The Bertz CT molecular complexity index is 310. The van der Waals surface area contributed by atoms with E-state index in [9.17, 15) is 4.57 Å². The fraction of sp³-hybridized carbons (Fsp3) is 0. The smallest absolute Gasteiger partial charge is 0.214 e. The average Bonchev–Trinajstić information content (AvgIpc) is 2.82. The van der Waals surface area contributed by atoms with Crippen LogP contribution in [0.15, 0.2) is 54.6 Å². The molecule has 0 amide bonds. The van der Waals surface area contributed by atoms with Crippen LogP contribution in [0.25, 0.3) is 0 Å². The number of hydrogen-bond donors (Lipinski definition) is 1. The topological polar surface area (TPSA) is 37.3 Å². The van der Waals surface area contributed by atoms with Gasteiger partial charge in [0.15, 0.2) is 0 Å². The fourth-order valence-corrected chi connectivity index (χ4v) is 1.24. The minimum atomic E-state index is -2.11. The van der Waals surface area contributed by atoms with E-state index in [1.54, 1.807) is 24.3 Å². The maximum atomic E-state index is 10.2. The van der Waals surface area contributed by atoms with E-state index in [2.05, 4.69) is 0 Å². The van der Waals surface area contributed by atoms with Crippen molar-refractivity contribution in [2.24, 2.45) is 0 Å². The van der Waals surface area contributed by atoms with E-state index in [-0.39, 0.29) is 17.1 Å². The molecule has 1 unspecified atom stereocenters. The van der Waals surface area contributed by atoms with Crippen LogP contribution >= 0.6 is 8.03 Å². The first-order valence-corrected chi connectivity index (χ1v) is 5.06. The van der Waals surface area contributed by atoms with Gasteiger partial charge in [-0.25, -0.2) is 24.3 Å². The summed E-state index contributed by atoms with van der Waals surface area (Å²) in [5, 5.41) is 0.500. The molecular weight excluding hydrogens is 239 g/mol. The summed E-state index contributed by atoms with van der Waals surface area (Å²) in [5.41, 5.74) is 0. The van der Waals surface area contributed by atoms with Crippen LogP contribution in [0.5, 0.6) is 0 Å². The second-order valence-corrected chi connectivity index (χ2v) is 3.44. The Balaban J connectivity index is 0.000000246. The van der Waals surface area contributed by atoms with Crippen molar-refractivity contribution in [2.75, 3.05) is 0 Å². The standard InChI is InChI=1S/C5H5O2P.C5H5.Fe/c6-8(7)5-3-1-2-4-5;1-2-4-5-3-1;/h1-4H,(H,6,7);1-5H;/q;-1;+2. The molecule has 0 saturated carbocycles. The molecule has 0 bridgehead atoms. The molecule has 0 heterocycles. The van der Waals surface area contributed by atoms with Gasteiger partial charge >= 0.3 is 25.1 Å². The summed E-state index contributed by atoms with van der Waals surface area (Å²) in [4.78, 5) is 8.42. The van der Waals surface area contributed by atoms with Crippen molar-refractivity contribution in [1.29, 1.82) is 0 Å². The van der Waals surface area contributed by atoms with E-state index in [0.29, 0.717) is 5.30 Å². The van der Waals surface area contributed by atoms with Gasteiger partial charge in [0.05, 0.1) is 0 Å². The van der Waals surface area contributed by atoms with E-state index in [1.807, 2.05) is 30.3 Å². The van der Waals surface area contributed by atoms with Crippen molar-refractivity contribution in [3.63, 3.8) is 0 Å². The first kappa shape index (κ1) is 13.3. The Morgan fingerprint density at radius 2 is 1.57 bits per heavy atom. The summed E-state index contributed by atoms with van der Waals surface area (Å²) < 4.78 is 10.2. The average molecular weight is 249 g/mol. The predicted octanol–water partition coefficient (Wildman–Crippen LogP) is 2.17. The molecule has 1 N–H and O–H groups in total. The number of rotatable bonds is 1. The molecule has 1 atom stereocenters. The van der Waals surface area contributed by atoms with Crippen LogP contribution < -0.4 is 5.30 Å². The van der Waals surface area contributed by atoms with Crippen molar-refractivity contribution < 1.29 is 26.5 Å². The molecule has 2 aromatic carbocycles. The molecule has 0 aliphatic rings. The molecule has 2 nitrogen and oxygen atoms in total. The second-order valence-electron chi connectivity index (χ2n) is 2.38. The summed E-state index contributed by atoms with van der Waals surface area (Å²) >= 11 is 0. The van der Waals surface area contributed by atoms with Crippen LogP contribution in [-0.2, 0) is 21.6 Å². The molecule has 14 heavy (non-hydrogen) atoms. The fourth-order valence-electron chi connectivity index (χ4n) is 0.812. The van der Waals surface area contributed by atoms with Crippen molar-refractivity contribution >= 4 is 13.3 Å². The van der Waals surface area contributed by atoms with Gasteiger partial charge < -0.3 is 0 Å². The van der Waals surface area contributed by atoms with Crippen LogP contribution in [0.2, 0.25) is 0 Å². The van der Waals surface area contributed by atoms with Crippen LogP contribution in [0.3, 0.4) is 0 Å². The first-order chi connectivity index (χ1) is 6.30. The van der Waals surface area contributed by atoms with Crippen LogP contribution in [0.1, 0.15) is 0 Å². The summed E-state index contributed by atoms with van der Waals surface area (Å²) in [6.45, 7) is 0. The Hall–Kier alpha value is -0.721. The molecule has 0 spiro atoms. The Morgan fingerprint density at radius 1 is 1.07 bits per heavy atom. The molecule has 2 rings (SSSR count). The van der Waals surface area contributed by atoms with Crippen LogP contribution in [-0.4, -0.2) is 4.89 Å². The minimum absolute atomic E-state index is 0. The quantitative estimate of drug-likeness (QED) is 0.477. The van der Waals surface area contributed by atoms with Gasteiger partial charge in [0.1, 0.15) is 5.30 Å². The molecule has 2 aromatic rings. The Labute approximate surface area is 94.7 Å². The zero-order valence-electron chi connectivity index (χ0n) is 7.35. The SMILES string of the molecule is O=[P+](O)[c-]1cccc1.[Fe+2].c1cc[cH-]c1. The van der Waals surface area contributed by atoms with E-state index < -0.39 is 8.03 Å². The van der Waals surface area contributed by atoms with Crippen molar-refractivity contribution in [2.45, 2.75) is 0 Å². The summed E-state index contributed by atoms with van der Waals surface area (Å²) in [7, 11) is -2.11. The van der Waals surface area contributed by atoms with E-state index in [0.717, 1.165) is 0 Å². The van der Waals surface area contributed by atoms with E-state index in [4.69, 9.17) is 4.89 Å².